The molecule has 0 radical (unpaired) electrons. The number of carboxylic acids is 1. The van der Waals surface area contributed by atoms with E-state index in [4.69, 9.17) is 5.11 Å². The van der Waals surface area contributed by atoms with E-state index in [0.29, 0.717) is 17.5 Å². The molecule has 1 aliphatic rings. The van der Waals surface area contributed by atoms with Gasteiger partial charge < -0.3 is 5.11 Å². The normalized spacial score (nSPS) is 12.4. The summed E-state index contributed by atoms with van der Waals surface area (Å²) in [6.07, 6.45) is 1.02. The highest BCUT2D eigenvalue weighted by atomic mass is 16.4. The standard InChI is InChI=1S/C12H7NO2.C4H8O2/c14-11-8-5-1-3-7-4-2-6-9(10(7)8)12(15)13-11;1-2-3-4(5)6/h1-6H,(H,13,14,15);2-3H2,1H3,(H,5,6). The van der Waals surface area contributed by atoms with Crippen molar-refractivity contribution in [2.45, 2.75) is 19.8 Å². The molecule has 21 heavy (non-hydrogen) atoms. The maximum atomic E-state index is 11.6. The zero-order valence-electron chi connectivity index (χ0n) is 11.6. The lowest BCUT2D eigenvalue weighted by atomic mass is 9.95. The van der Waals surface area contributed by atoms with E-state index in [-0.39, 0.29) is 11.8 Å². The van der Waals surface area contributed by atoms with Crippen LogP contribution in [-0.2, 0) is 4.79 Å². The zero-order chi connectivity index (χ0) is 15.4. The van der Waals surface area contributed by atoms with Gasteiger partial charge in [-0.2, -0.15) is 0 Å². The molecule has 5 heteroatoms. The van der Waals surface area contributed by atoms with Gasteiger partial charge in [-0.05, 0) is 23.9 Å². The highest BCUT2D eigenvalue weighted by Crippen LogP contribution is 2.25. The van der Waals surface area contributed by atoms with Gasteiger partial charge in [0.25, 0.3) is 11.8 Å². The summed E-state index contributed by atoms with van der Waals surface area (Å²) in [6.45, 7) is 1.84. The van der Waals surface area contributed by atoms with E-state index in [1.165, 1.54) is 0 Å². The van der Waals surface area contributed by atoms with Crippen LogP contribution in [-0.4, -0.2) is 22.9 Å². The first-order chi connectivity index (χ1) is 10.0. The fourth-order valence-electron chi connectivity index (χ4n) is 2.17. The maximum Gasteiger partial charge on any atom is 0.303 e. The van der Waals surface area contributed by atoms with E-state index in [9.17, 15) is 14.4 Å². The lowest BCUT2D eigenvalue weighted by Crippen LogP contribution is -2.34. The quantitative estimate of drug-likeness (QED) is 0.831. The molecule has 108 valence electrons. The second kappa shape index (κ2) is 6.17. The number of carbonyl (C=O) groups is 3. The topological polar surface area (TPSA) is 83.5 Å². The average Bonchev–Trinajstić information content (AvgIpc) is 2.45. The second-order valence-electron chi connectivity index (χ2n) is 4.64. The highest BCUT2D eigenvalue weighted by Gasteiger charge is 2.23. The summed E-state index contributed by atoms with van der Waals surface area (Å²) in [7, 11) is 0. The monoisotopic (exact) mass is 285 g/mol. The van der Waals surface area contributed by atoms with Crippen LogP contribution in [0.4, 0.5) is 0 Å². The Kier molecular flexibility index (Phi) is 4.33. The van der Waals surface area contributed by atoms with Gasteiger partial charge in [0.05, 0.1) is 0 Å². The fourth-order valence-corrected chi connectivity index (χ4v) is 2.17. The molecule has 0 bridgehead atoms. The molecule has 2 N–H and O–H groups in total. The number of imide groups is 1. The number of hydrogen-bond donors (Lipinski definition) is 2. The van der Waals surface area contributed by atoms with Gasteiger partial charge in [-0.3, -0.25) is 19.7 Å². The molecule has 0 fully saturated rings. The summed E-state index contributed by atoms with van der Waals surface area (Å²) in [4.78, 5) is 32.7. The molecule has 0 saturated carbocycles. The molecule has 5 nitrogen and oxygen atoms in total. The largest absolute Gasteiger partial charge is 0.481 e. The van der Waals surface area contributed by atoms with Crippen molar-refractivity contribution in [3.63, 3.8) is 0 Å². The first-order valence-electron chi connectivity index (χ1n) is 6.63. The molecule has 0 atom stereocenters. The SMILES string of the molecule is CCCC(=O)O.O=C1NC(=O)c2cccc3cccc1c23. The molecule has 0 spiro atoms. The predicted octanol–water partition coefficient (Wildman–Crippen LogP) is 2.59. The maximum absolute atomic E-state index is 11.6. The van der Waals surface area contributed by atoms with E-state index >= 15 is 0 Å². The first-order valence-corrected chi connectivity index (χ1v) is 6.63. The Hall–Kier alpha value is -2.69. The lowest BCUT2D eigenvalue weighted by molar-refractivity contribution is -0.137. The third-order valence-electron chi connectivity index (χ3n) is 3.08. The Labute approximate surface area is 121 Å². The van der Waals surface area contributed by atoms with E-state index in [1.807, 2.05) is 31.2 Å². The molecule has 2 amide bonds. The van der Waals surface area contributed by atoms with Gasteiger partial charge in [-0.25, -0.2) is 0 Å². The van der Waals surface area contributed by atoms with Crippen molar-refractivity contribution < 1.29 is 19.5 Å². The van der Waals surface area contributed by atoms with Crippen LogP contribution in [0.25, 0.3) is 10.8 Å². The summed E-state index contributed by atoms with van der Waals surface area (Å²) in [6, 6.07) is 10.9. The Balaban J connectivity index is 0.000000232. The summed E-state index contributed by atoms with van der Waals surface area (Å²) < 4.78 is 0. The molecule has 2 aromatic carbocycles. The summed E-state index contributed by atoms with van der Waals surface area (Å²) in [5.41, 5.74) is 1.14. The predicted molar refractivity (Wildman–Crippen MR) is 78.3 cm³/mol. The summed E-state index contributed by atoms with van der Waals surface area (Å²) >= 11 is 0. The first kappa shape index (κ1) is 14.7. The van der Waals surface area contributed by atoms with Crippen LogP contribution in [0.5, 0.6) is 0 Å². The second-order valence-corrected chi connectivity index (χ2v) is 4.64. The smallest absolute Gasteiger partial charge is 0.303 e. The van der Waals surface area contributed by atoms with E-state index in [0.717, 1.165) is 17.2 Å². The van der Waals surface area contributed by atoms with Crippen LogP contribution < -0.4 is 5.32 Å². The highest BCUT2D eigenvalue weighted by molar-refractivity contribution is 6.25. The van der Waals surface area contributed by atoms with Gasteiger partial charge in [-0.1, -0.05) is 31.2 Å². The van der Waals surface area contributed by atoms with E-state index in [1.54, 1.807) is 12.1 Å². The van der Waals surface area contributed by atoms with E-state index < -0.39 is 5.97 Å². The molecular formula is C16H15NO4. The molecule has 0 aliphatic carbocycles. The number of carbonyl (C=O) groups excluding carboxylic acids is 2. The van der Waals surface area contributed by atoms with Crippen molar-refractivity contribution in [1.29, 1.82) is 0 Å². The molecule has 2 aromatic rings. The van der Waals surface area contributed by atoms with E-state index in [2.05, 4.69) is 5.32 Å². The van der Waals surface area contributed by atoms with Gasteiger partial charge in [0.15, 0.2) is 0 Å². The third kappa shape index (κ3) is 3.08. The van der Waals surface area contributed by atoms with Crippen molar-refractivity contribution in [3.8, 4) is 0 Å². The number of hydrogen-bond acceptors (Lipinski definition) is 3. The van der Waals surface area contributed by atoms with Gasteiger partial charge in [0.1, 0.15) is 0 Å². The van der Waals surface area contributed by atoms with Crippen molar-refractivity contribution in [2.75, 3.05) is 0 Å². The molecule has 0 saturated heterocycles. The van der Waals surface area contributed by atoms with Crippen molar-refractivity contribution in [1.82, 2.24) is 5.32 Å². The Morgan fingerprint density at radius 2 is 1.57 bits per heavy atom. The Morgan fingerprint density at radius 1 is 1.05 bits per heavy atom. The molecule has 3 rings (SSSR count). The zero-order valence-corrected chi connectivity index (χ0v) is 11.6. The molecule has 1 aliphatic heterocycles. The Bertz CT molecular complexity index is 673. The van der Waals surface area contributed by atoms with Crippen LogP contribution in [0.1, 0.15) is 40.5 Å². The van der Waals surface area contributed by atoms with Gasteiger partial charge in [0.2, 0.25) is 0 Å². The van der Waals surface area contributed by atoms with Gasteiger partial charge >= 0.3 is 5.97 Å². The van der Waals surface area contributed by atoms with Crippen LogP contribution in [0, 0.1) is 0 Å². The number of carboxylic acid groups (broad SMARTS) is 1. The Morgan fingerprint density at radius 3 is 1.95 bits per heavy atom. The minimum atomic E-state index is -0.711. The van der Waals surface area contributed by atoms with Gasteiger partial charge in [-0.15, -0.1) is 0 Å². The van der Waals surface area contributed by atoms with Crippen LogP contribution in [0.2, 0.25) is 0 Å². The number of rotatable bonds is 2. The minimum absolute atomic E-state index is 0.292. The molecule has 0 unspecified atom stereocenters. The number of amides is 2. The number of benzene rings is 2. The fraction of sp³-hybridized carbons (Fsp3) is 0.188. The number of nitrogens with one attached hydrogen (secondary N) is 1. The minimum Gasteiger partial charge on any atom is -0.481 e. The van der Waals surface area contributed by atoms with Crippen LogP contribution >= 0.6 is 0 Å². The van der Waals surface area contributed by atoms with Crippen LogP contribution in [0.15, 0.2) is 36.4 Å². The molecule has 0 aromatic heterocycles. The third-order valence-corrected chi connectivity index (χ3v) is 3.08. The summed E-state index contributed by atoms with van der Waals surface area (Å²) in [5, 5.41) is 11.9. The van der Waals surface area contributed by atoms with Crippen molar-refractivity contribution in [2.24, 2.45) is 0 Å². The molecular weight excluding hydrogens is 270 g/mol. The van der Waals surface area contributed by atoms with Crippen molar-refractivity contribution >= 4 is 28.6 Å². The molecule has 1 heterocycles. The lowest BCUT2D eigenvalue weighted by Gasteiger charge is -2.15. The van der Waals surface area contributed by atoms with Crippen LogP contribution in [0.3, 0.4) is 0 Å². The van der Waals surface area contributed by atoms with Gasteiger partial charge in [0, 0.05) is 22.9 Å². The summed E-state index contributed by atoms with van der Waals surface area (Å²) in [5.74, 6) is -1.34. The number of aliphatic carboxylic acids is 1. The van der Waals surface area contributed by atoms with Crippen molar-refractivity contribution in [3.05, 3.63) is 47.5 Å². The average molecular weight is 285 g/mol.